The molecule has 6 heteroatoms. The van der Waals surface area contributed by atoms with Gasteiger partial charge in [0.05, 0.1) is 6.04 Å². The fourth-order valence-electron chi connectivity index (χ4n) is 3.72. The number of carbonyl (C=O) groups is 2. The van der Waals surface area contributed by atoms with Gasteiger partial charge < -0.3 is 20.7 Å². The molecule has 25 heavy (non-hydrogen) atoms. The van der Waals surface area contributed by atoms with E-state index >= 15 is 0 Å². The highest BCUT2D eigenvalue weighted by Gasteiger charge is 2.29. The van der Waals surface area contributed by atoms with E-state index in [2.05, 4.69) is 5.32 Å². The van der Waals surface area contributed by atoms with Crippen LogP contribution in [0, 0.1) is 11.8 Å². The Labute approximate surface area is 151 Å². The summed E-state index contributed by atoms with van der Waals surface area (Å²) in [7, 11) is 0. The Hall–Kier alpha value is -1.30. The Morgan fingerprint density at radius 2 is 1.72 bits per heavy atom. The smallest absolute Gasteiger partial charge is 0.410 e. The number of piperidine rings is 1. The van der Waals surface area contributed by atoms with E-state index in [-0.39, 0.29) is 18.0 Å². The number of carbonyl (C=O) groups excluding carboxylic acids is 2. The summed E-state index contributed by atoms with van der Waals surface area (Å²) in [6.45, 7) is 7.66. The Balaban J connectivity index is 1.67. The normalized spacial score (nSPS) is 21.7. The van der Waals surface area contributed by atoms with Gasteiger partial charge in [-0.15, -0.1) is 0 Å². The van der Waals surface area contributed by atoms with Crippen molar-refractivity contribution in [3.63, 3.8) is 0 Å². The van der Waals surface area contributed by atoms with E-state index in [4.69, 9.17) is 10.5 Å². The molecule has 2 aliphatic rings. The molecular weight excluding hydrogens is 318 g/mol. The lowest BCUT2D eigenvalue weighted by molar-refractivity contribution is -0.124. The summed E-state index contributed by atoms with van der Waals surface area (Å²) < 4.78 is 5.41. The van der Waals surface area contributed by atoms with Gasteiger partial charge in [-0.1, -0.05) is 19.3 Å². The average Bonchev–Trinajstić information content (AvgIpc) is 2.58. The fourth-order valence-corrected chi connectivity index (χ4v) is 3.72. The molecule has 1 heterocycles. The highest BCUT2D eigenvalue weighted by Crippen LogP contribution is 2.26. The average molecular weight is 354 g/mol. The van der Waals surface area contributed by atoms with Crippen LogP contribution in [0.3, 0.4) is 0 Å². The van der Waals surface area contributed by atoms with Crippen LogP contribution < -0.4 is 11.1 Å². The van der Waals surface area contributed by atoms with Gasteiger partial charge in [0.15, 0.2) is 0 Å². The second-order valence-electron chi connectivity index (χ2n) is 8.58. The Kier molecular flexibility index (Phi) is 7.11. The minimum absolute atomic E-state index is 0.0125. The minimum Gasteiger partial charge on any atom is -0.444 e. The van der Waals surface area contributed by atoms with Crippen LogP contribution in [0.2, 0.25) is 0 Å². The van der Waals surface area contributed by atoms with Gasteiger partial charge >= 0.3 is 6.09 Å². The third kappa shape index (κ3) is 6.49. The summed E-state index contributed by atoms with van der Waals surface area (Å²) in [5.41, 5.74) is 5.69. The fraction of sp³-hybridized carbons (Fsp3) is 0.895. The van der Waals surface area contributed by atoms with Crippen molar-refractivity contribution in [2.45, 2.75) is 77.4 Å². The maximum absolute atomic E-state index is 12.3. The molecule has 1 aliphatic heterocycles. The van der Waals surface area contributed by atoms with E-state index in [1.807, 2.05) is 20.8 Å². The van der Waals surface area contributed by atoms with Crippen molar-refractivity contribution < 1.29 is 14.3 Å². The topological polar surface area (TPSA) is 84.7 Å². The molecule has 1 atom stereocenters. The number of nitrogens with zero attached hydrogens (tertiary/aromatic N) is 1. The van der Waals surface area contributed by atoms with E-state index in [9.17, 15) is 9.59 Å². The standard InChI is InChI=1S/C19H35N3O3/c1-19(2,3)25-18(24)22-11-9-14(10-12-22)13-21-17(23)16(20)15-7-5-4-6-8-15/h14-16H,4-13,20H2,1-3H3,(H,21,23)/t16-/m0/s1. The second kappa shape index (κ2) is 8.88. The molecule has 144 valence electrons. The van der Waals surface area contributed by atoms with Crippen LogP contribution in [0.5, 0.6) is 0 Å². The molecular formula is C19H35N3O3. The van der Waals surface area contributed by atoms with Gasteiger partial charge in [-0.2, -0.15) is 0 Å². The number of amides is 2. The number of hydrogen-bond acceptors (Lipinski definition) is 4. The van der Waals surface area contributed by atoms with E-state index < -0.39 is 5.60 Å². The molecule has 0 unspecified atom stereocenters. The zero-order chi connectivity index (χ0) is 18.4. The number of nitrogens with one attached hydrogen (secondary N) is 1. The summed E-state index contributed by atoms with van der Waals surface area (Å²) in [5.74, 6) is 0.727. The van der Waals surface area contributed by atoms with Crippen molar-refractivity contribution >= 4 is 12.0 Å². The van der Waals surface area contributed by atoms with Gasteiger partial charge in [-0.25, -0.2) is 4.79 Å². The maximum Gasteiger partial charge on any atom is 0.410 e. The molecule has 1 aliphatic carbocycles. The summed E-state index contributed by atoms with van der Waals surface area (Å²) >= 11 is 0. The summed E-state index contributed by atoms with van der Waals surface area (Å²) in [5, 5.41) is 3.03. The molecule has 0 bridgehead atoms. The molecule has 0 aromatic carbocycles. The molecule has 0 aromatic heterocycles. The molecule has 1 saturated carbocycles. The van der Waals surface area contributed by atoms with Crippen LogP contribution in [0.4, 0.5) is 4.79 Å². The van der Waals surface area contributed by atoms with E-state index in [1.165, 1.54) is 19.3 Å². The maximum atomic E-state index is 12.3. The number of nitrogens with two attached hydrogens (primary N) is 1. The van der Waals surface area contributed by atoms with Gasteiger partial charge in [0.2, 0.25) is 5.91 Å². The van der Waals surface area contributed by atoms with Crippen LogP contribution in [0.25, 0.3) is 0 Å². The molecule has 1 saturated heterocycles. The van der Waals surface area contributed by atoms with Gasteiger partial charge in [0.1, 0.15) is 5.60 Å². The molecule has 2 rings (SSSR count). The highest BCUT2D eigenvalue weighted by molar-refractivity contribution is 5.81. The van der Waals surface area contributed by atoms with Crippen molar-refractivity contribution in [3.8, 4) is 0 Å². The minimum atomic E-state index is -0.461. The summed E-state index contributed by atoms with van der Waals surface area (Å²) in [6.07, 6.45) is 7.32. The largest absolute Gasteiger partial charge is 0.444 e. The lowest BCUT2D eigenvalue weighted by Gasteiger charge is -2.34. The molecule has 6 nitrogen and oxygen atoms in total. The van der Waals surface area contributed by atoms with Crippen LogP contribution in [-0.4, -0.2) is 48.2 Å². The number of likely N-dealkylation sites (tertiary alicyclic amines) is 1. The van der Waals surface area contributed by atoms with Crippen molar-refractivity contribution in [2.75, 3.05) is 19.6 Å². The molecule has 3 N–H and O–H groups in total. The Morgan fingerprint density at radius 3 is 2.28 bits per heavy atom. The predicted molar refractivity (Wildman–Crippen MR) is 98.1 cm³/mol. The first-order valence-corrected chi connectivity index (χ1v) is 9.77. The summed E-state index contributed by atoms with van der Waals surface area (Å²) in [4.78, 5) is 26.1. The van der Waals surface area contributed by atoms with Gasteiger partial charge in [-0.3, -0.25) is 4.79 Å². The Morgan fingerprint density at radius 1 is 1.12 bits per heavy atom. The Bertz CT molecular complexity index is 447. The zero-order valence-electron chi connectivity index (χ0n) is 16.1. The van der Waals surface area contributed by atoms with E-state index in [1.54, 1.807) is 4.90 Å². The first kappa shape index (κ1) is 20.0. The van der Waals surface area contributed by atoms with Crippen LogP contribution in [0.15, 0.2) is 0 Å². The molecule has 0 aromatic rings. The van der Waals surface area contributed by atoms with Crippen molar-refractivity contribution in [3.05, 3.63) is 0 Å². The number of ether oxygens (including phenoxy) is 1. The molecule has 2 amide bonds. The van der Waals surface area contributed by atoms with Crippen LogP contribution in [-0.2, 0) is 9.53 Å². The van der Waals surface area contributed by atoms with Gasteiger partial charge in [-0.05, 0) is 58.3 Å². The lowest BCUT2D eigenvalue weighted by Crippen LogP contribution is -2.48. The van der Waals surface area contributed by atoms with Gasteiger partial charge in [0, 0.05) is 19.6 Å². The third-order valence-electron chi connectivity index (χ3n) is 5.29. The monoisotopic (exact) mass is 353 g/mol. The molecule has 0 spiro atoms. The van der Waals surface area contributed by atoms with Crippen molar-refractivity contribution in [1.82, 2.24) is 10.2 Å². The van der Waals surface area contributed by atoms with E-state index in [0.717, 1.165) is 25.7 Å². The van der Waals surface area contributed by atoms with Crippen molar-refractivity contribution in [1.29, 1.82) is 0 Å². The van der Waals surface area contributed by atoms with Crippen molar-refractivity contribution in [2.24, 2.45) is 17.6 Å². The zero-order valence-corrected chi connectivity index (χ0v) is 16.1. The second-order valence-corrected chi connectivity index (χ2v) is 8.58. The molecule has 2 fully saturated rings. The summed E-state index contributed by atoms with van der Waals surface area (Å²) in [6, 6.07) is -0.373. The number of rotatable bonds is 4. The SMILES string of the molecule is CC(C)(C)OC(=O)N1CCC(CNC(=O)[C@@H](N)C2CCCCC2)CC1. The lowest BCUT2D eigenvalue weighted by atomic mass is 9.84. The quantitative estimate of drug-likeness (QED) is 0.814. The van der Waals surface area contributed by atoms with Crippen LogP contribution in [0.1, 0.15) is 65.7 Å². The first-order valence-electron chi connectivity index (χ1n) is 9.77. The predicted octanol–water partition coefficient (Wildman–Crippen LogP) is 2.66. The van der Waals surface area contributed by atoms with E-state index in [0.29, 0.717) is 31.5 Å². The van der Waals surface area contributed by atoms with Gasteiger partial charge in [0.25, 0.3) is 0 Å². The van der Waals surface area contributed by atoms with Crippen LogP contribution >= 0.6 is 0 Å². The first-order chi connectivity index (χ1) is 11.8. The molecule has 0 radical (unpaired) electrons. The highest BCUT2D eigenvalue weighted by atomic mass is 16.6. The number of hydrogen-bond donors (Lipinski definition) is 2. The third-order valence-corrected chi connectivity index (χ3v) is 5.29.